The zero-order valence-corrected chi connectivity index (χ0v) is 23.9. The van der Waals surface area contributed by atoms with Crippen molar-refractivity contribution in [2.24, 2.45) is 28.8 Å². The third-order valence-electron chi connectivity index (χ3n) is 7.87. The average molecular weight is 576 g/mol. The molecule has 10 heteroatoms. The molecule has 0 bridgehead atoms. The maximum absolute atomic E-state index is 13.1. The maximum Gasteiger partial charge on any atom is 0.308 e. The molecule has 0 aromatic heterocycles. The molecule has 0 spiro atoms. The van der Waals surface area contributed by atoms with Crippen molar-refractivity contribution in [3.8, 4) is 0 Å². The number of rotatable bonds is 13. The molecule has 1 aromatic rings. The van der Waals surface area contributed by atoms with Crippen molar-refractivity contribution >= 4 is 40.8 Å². The van der Waals surface area contributed by atoms with E-state index in [0.29, 0.717) is 42.0 Å². The van der Waals surface area contributed by atoms with Crippen LogP contribution in [0.3, 0.4) is 0 Å². The van der Waals surface area contributed by atoms with Crippen LogP contribution in [0, 0.1) is 23.7 Å². The highest BCUT2D eigenvalue weighted by atomic mass is 35.5. The summed E-state index contributed by atoms with van der Waals surface area (Å²) in [5, 5.41) is 23.7. The predicted molar refractivity (Wildman–Crippen MR) is 149 cm³/mol. The molecule has 0 radical (unpaired) electrons. The number of carboxylic acid groups (broad SMARTS) is 1. The number of Topliss-reactive ketones (excluding diaryl/α,β-unsaturated/α-hetero) is 1. The number of carboxylic acids is 1. The van der Waals surface area contributed by atoms with E-state index in [2.05, 4.69) is 5.16 Å². The van der Waals surface area contributed by atoms with Crippen molar-refractivity contribution in [1.82, 2.24) is 0 Å². The van der Waals surface area contributed by atoms with Crippen LogP contribution in [0.2, 0.25) is 5.02 Å². The van der Waals surface area contributed by atoms with Crippen molar-refractivity contribution in [2.45, 2.75) is 84.5 Å². The summed E-state index contributed by atoms with van der Waals surface area (Å²) in [5.74, 6) is -3.28. The Hall–Kier alpha value is -3.04. The van der Waals surface area contributed by atoms with Gasteiger partial charge in [-0.3, -0.25) is 19.2 Å². The molecule has 40 heavy (non-hydrogen) atoms. The molecule has 0 aliphatic heterocycles. The van der Waals surface area contributed by atoms with Crippen LogP contribution in [0.1, 0.15) is 71.3 Å². The summed E-state index contributed by atoms with van der Waals surface area (Å²) in [6.45, 7) is 5.67. The first kappa shape index (κ1) is 31.5. The quantitative estimate of drug-likeness (QED) is 0.249. The van der Waals surface area contributed by atoms with E-state index in [9.17, 15) is 24.3 Å². The Morgan fingerprint density at radius 1 is 1.20 bits per heavy atom. The largest absolute Gasteiger partial charge is 0.481 e. The van der Waals surface area contributed by atoms with Crippen LogP contribution in [0.15, 0.2) is 41.1 Å². The second-order valence-corrected chi connectivity index (χ2v) is 11.1. The summed E-state index contributed by atoms with van der Waals surface area (Å²) >= 11 is 6.23. The standard InChI is InChI=1S/C30H38ClNO8/c1-4-17(2)30(38)40-27-12-11-25(32-39-16-19-7-5-6-8-24(19)31)23-15-26(35)18(3)22(29(23)27)10-9-20(33)13-21(34)14-28(36)37/h5-8,15,17-18,21-22,27,29,34H,4,9-14,16H2,1-3H3,(H,36,37)/b32-25+. The van der Waals surface area contributed by atoms with Crippen LogP contribution in [-0.2, 0) is 35.4 Å². The molecule has 6 atom stereocenters. The molecular weight excluding hydrogens is 538 g/mol. The van der Waals surface area contributed by atoms with Crippen molar-refractivity contribution in [1.29, 1.82) is 0 Å². The van der Waals surface area contributed by atoms with E-state index in [1.807, 2.05) is 32.0 Å². The summed E-state index contributed by atoms with van der Waals surface area (Å²) < 4.78 is 5.99. The number of benzene rings is 1. The lowest BCUT2D eigenvalue weighted by Gasteiger charge is -2.43. The van der Waals surface area contributed by atoms with Crippen LogP contribution in [0.5, 0.6) is 0 Å². The predicted octanol–water partition coefficient (Wildman–Crippen LogP) is 4.92. The smallest absolute Gasteiger partial charge is 0.308 e. The van der Waals surface area contributed by atoms with Gasteiger partial charge in [-0.05, 0) is 49.3 Å². The molecule has 0 amide bonds. The highest BCUT2D eigenvalue weighted by Crippen LogP contribution is 2.44. The van der Waals surface area contributed by atoms with Crippen molar-refractivity contribution in [3.63, 3.8) is 0 Å². The number of aliphatic carboxylic acids is 1. The second kappa shape index (κ2) is 14.6. The van der Waals surface area contributed by atoms with E-state index in [-0.39, 0.29) is 54.7 Å². The minimum absolute atomic E-state index is 0.0598. The number of allylic oxidation sites excluding steroid dienone is 1. The highest BCUT2D eigenvalue weighted by Gasteiger charge is 2.46. The van der Waals surface area contributed by atoms with Gasteiger partial charge in [0, 0.05) is 35.3 Å². The van der Waals surface area contributed by atoms with Crippen LogP contribution < -0.4 is 0 Å². The van der Waals surface area contributed by atoms with Gasteiger partial charge in [0.05, 0.1) is 24.2 Å². The first-order chi connectivity index (χ1) is 19.0. The molecule has 0 heterocycles. The molecule has 2 aliphatic rings. The average Bonchev–Trinajstić information content (AvgIpc) is 2.90. The van der Waals surface area contributed by atoms with E-state index in [1.54, 1.807) is 19.1 Å². The second-order valence-electron chi connectivity index (χ2n) is 10.7. The fourth-order valence-electron chi connectivity index (χ4n) is 5.34. The van der Waals surface area contributed by atoms with Crippen molar-refractivity contribution in [3.05, 3.63) is 46.5 Å². The summed E-state index contributed by atoms with van der Waals surface area (Å²) in [5.41, 5.74) is 2.02. The minimum Gasteiger partial charge on any atom is -0.481 e. The molecular formula is C30H38ClNO8. The summed E-state index contributed by atoms with van der Waals surface area (Å²) in [4.78, 5) is 54.9. The maximum atomic E-state index is 13.1. The van der Waals surface area contributed by atoms with Crippen LogP contribution in [0.4, 0.5) is 0 Å². The van der Waals surface area contributed by atoms with Gasteiger partial charge in [-0.1, -0.05) is 55.7 Å². The Kier molecular flexibility index (Phi) is 11.5. The Labute approximate surface area is 239 Å². The first-order valence-corrected chi connectivity index (χ1v) is 14.2. The molecule has 1 fully saturated rings. The van der Waals surface area contributed by atoms with Crippen molar-refractivity contribution in [2.75, 3.05) is 0 Å². The number of ether oxygens (including phenoxy) is 1. The van der Waals surface area contributed by atoms with Gasteiger partial charge in [0.25, 0.3) is 0 Å². The number of nitrogens with zero attached hydrogens (tertiary/aromatic N) is 1. The normalized spacial score (nSPS) is 25.0. The molecule has 2 N–H and O–H groups in total. The number of halogens is 1. The van der Waals surface area contributed by atoms with Gasteiger partial charge in [-0.15, -0.1) is 0 Å². The first-order valence-electron chi connectivity index (χ1n) is 13.8. The molecule has 1 saturated carbocycles. The molecule has 2 aliphatic carbocycles. The van der Waals surface area contributed by atoms with Crippen molar-refractivity contribution < 1.29 is 39.0 Å². The molecule has 9 nitrogen and oxygen atoms in total. The Morgan fingerprint density at radius 3 is 2.60 bits per heavy atom. The monoisotopic (exact) mass is 575 g/mol. The number of ketones is 2. The minimum atomic E-state index is -1.27. The van der Waals surface area contributed by atoms with E-state index in [4.69, 9.17) is 26.3 Å². The van der Waals surface area contributed by atoms with E-state index in [1.165, 1.54) is 0 Å². The van der Waals surface area contributed by atoms with E-state index >= 15 is 0 Å². The number of fused-ring (bicyclic) bond motifs is 1. The molecule has 1 aromatic carbocycles. The van der Waals surface area contributed by atoms with Gasteiger partial charge in [0.1, 0.15) is 18.5 Å². The third kappa shape index (κ3) is 8.24. The lowest BCUT2D eigenvalue weighted by Crippen LogP contribution is -2.46. The number of carbonyl (C=O) groups is 4. The van der Waals surface area contributed by atoms with Gasteiger partial charge < -0.3 is 19.8 Å². The number of hydrogen-bond donors (Lipinski definition) is 2. The Morgan fingerprint density at radius 2 is 1.93 bits per heavy atom. The van der Waals surface area contributed by atoms with E-state index in [0.717, 1.165) is 5.56 Å². The SMILES string of the molecule is CCC(C)C(=O)OC1CC/C(=N\OCc2ccccc2Cl)C2=CC(=O)C(C)C(CCC(=O)CC(O)CC(=O)O)C21. The number of esters is 1. The topological polar surface area (TPSA) is 140 Å². The molecule has 218 valence electrons. The van der Waals surface area contributed by atoms with Crippen LogP contribution >= 0.6 is 11.6 Å². The Balaban J connectivity index is 1.84. The zero-order chi connectivity index (χ0) is 29.4. The fraction of sp³-hybridized carbons (Fsp3) is 0.567. The van der Waals surface area contributed by atoms with Crippen LogP contribution in [-0.4, -0.2) is 51.6 Å². The lowest BCUT2D eigenvalue weighted by molar-refractivity contribution is -0.158. The fourth-order valence-corrected chi connectivity index (χ4v) is 5.53. The lowest BCUT2D eigenvalue weighted by atomic mass is 9.63. The van der Waals surface area contributed by atoms with Gasteiger partial charge in [0.2, 0.25) is 0 Å². The number of aliphatic hydroxyl groups excluding tert-OH is 1. The van der Waals surface area contributed by atoms with Gasteiger partial charge in [0.15, 0.2) is 5.78 Å². The van der Waals surface area contributed by atoms with Gasteiger partial charge >= 0.3 is 11.9 Å². The Bertz CT molecular complexity index is 1160. The number of carbonyl (C=O) groups excluding carboxylic acids is 3. The van der Waals surface area contributed by atoms with Gasteiger partial charge in [-0.25, -0.2) is 0 Å². The molecule has 0 saturated heterocycles. The van der Waals surface area contributed by atoms with Gasteiger partial charge in [-0.2, -0.15) is 0 Å². The highest BCUT2D eigenvalue weighted by molar-refractivity contribution is 6.31. The number of oxime groups is 1. The number of aliphatic hydroxyl groups is 1. The van der Waals surface area contributed by atoms with E-state index < -0.39 is 30.5 Å². The third-order valence-corrected chi connectivity index (χ3v) is 8.24. The van der Waals surface area contributed by atoms with Crippen LogP contribution in [0.25, 0.3) is 0 Å². The summed E-state index contributed by atoms with van der Waals surface area (Å²) in [7, 11) is 0. The number of hydrogen-bond acceptors (Lipinski definition) is 8. The summed E-state index contributed by atoms with van der Waals surface area (Å²) in [6.07, 6.45) is 0.952. The molecule has 3 rings (SSSR count). The summed E-state index contributed by atoms with van der Waals surface area (Å²) in [6, 6.07) is 7.27. The zero-order valence-electron chi connectivity index (χ0n) is 23.2. The molecule has 6 unspecified atom stereocenters.